The Labute approximate surface area is 183 Å². The van der Waals surface area contributed by atoms with E-state index in [2.05, 4.69) is 5.32 Å². The Bertz CT molecular complexity index is 1080. The van der Waals surface area contributed by atoms with Crippen molar-refractivity contribution in [2.24, 2.45) is 0 Å². The van der Waals surface area contributed by atoms with E-state index in [1.807, 2.05) is 31.2 Å². The SMILES string of the molecule is CCCCOC(=O)c1c(NC(=O)/C=C/c2ccc(Cl)c(Cl)c2)sc2ccccc12. The number of unbranched alkanes of at least 4 members (excludes halogenated alkanes) is 1. The predicted molar refractivity (Wildman–Crippen MR) is 121 cm³/mol. The monoisotopic (exact) mass is 447 g/mol. The summed E-state index contributed by atoms with van der Waals surface area (Å²) in [4.78, 5) is 25.1. The molecule has 1 heterocycles. The second-order valence-corrected chi connectivity index (χ2v) is 8.15. The fraction of sp³-hybridized carbons (Fsp3) is 0.182. The fourth-order valence-electron chi connectivity index (χ4n) is 2.66. The molecule has 150 valence electrons. The maximum atomic E-state index is 12.6. The van der Waals surface area contributed by atoms with Gasteiger partial charge in [0.25, 0.3) is 0 Å². The van der Waals surface area contributed by atoms with Gasteiger partial charge in [-0.3, -0.25) is 4.79 Å². The van der Waals surface area contributed by atoms with E-state index in [0.29, 0.717) is 27.2 Å². The minimum atomic E-state index is -0.431. The minimum absolute atomic E-state index is 0.351. The third-order valence-corrected chi connectivity index (χ3v) is 5.96. The number of carbonyl (C=O) groups is 2. The van der Waals surface area contributed by atoms with Crippen LogP contribution in [-0.4, -0.2) is 18.5 Å². The fourth-order valence-corrected chi connectivity index (χ4v) is 4.06. The van der Waals surface area contributed by atoms with E-state index in [1.165, 1.54) is 17.4 Å². The number of anilines is 1. The zero-order valence-electron chi connectivity index (χ0n) is 15.7. The number of hydrogen-bond donors (Lipinski definition) is 1. The molecule has 29 heavy (non-hydrogen) atoms. The number of ether oxygens (including phenoxy) is 1. The van der Waals surface area contributed by atoms with Gasteiger partial charge in [-0.25, -0.2) is 4.79 Å². The number of fused-ring (bicyclic) bond motifs is 1. The van der Waals surface area contributed by atoms with Gasteiger partial charge in [0.1, 0.15) is 10.6 Å². The number of halogens is 2. The van der Waals surface area contributed by atoms with Crippen molar-refractivity contribution in [2.45, 2.75) is 19.8 Å². The van der Waals surface area contributed by atoms with E-state index in [0.717, 1.165) is 28.5 Å². The molecule has 3 aromatic rings. The van der Waals surface area contributed by atoms with E-state index in [-0.39, 0.29) is 5.91 Å². The number of thiophene rings is 1. The molecule has 0 spiro atoms. The molecule has 1 amide bonds. The van der Waals surface area contributed by atoms with Crippen molar-refractivity contribution < 1.29 is 14.3 Å². The quantitative estimate of drug-likeness (QED) is 0.245. The molecule has 0 saturated carbocycles. The number of nitrogens with one attached hydrogen (secondary N) is 1. The number of hydrogen-bond acceptors (Lipinski definition) is 4. The summed E-state index contributed by atoms with van der Waals surface area (Å²) < 4.78 is 6.28. The number of esters is 1. The first-order chi connectivity index (χ1) is 14.0. The number of carbonyl (C=O) groups excluding carboxylic acids is 2. The average Bonchev–Trinajstić information content (AvgIpc) is 3.06. The molecule has 0 aliphatic heterocycles. The molecule has 0 aliphatic carbocycles. The van der Waals surface area contributed by atoms with Gasteiger partial charge in [0.15, 0.2) is 0 Å². The second-order valence-electron chi connectivity index (χ2n) is 6.29. The molecule has 3 rings (SSSR count). The van der Waals surface area contributed by atoms with Crippen molar-refractivity contribution in [2.75, 3.05) is 11.9 Å². The molecule has 0 radical (unpaired) electrons. The van der Waals surface area contributed by atoms with Gasteiger partial charge >= 0.3 is 5.97 Å². The maximum Gasteiger partial charge on any atom is 0.341 e. The van der Waals surface area contributed by atoms with Gasteiger partial charge in [0, 0.05) is 16.2 Å². The molecule has 2 aromatic carbocycles. The van der Waals surface area contributed by atoms with Crippen LogP contribution < -0.4 is 5.32 Å². The lowest BCUT2D eigenvalue weighted by atomic mass is 10.1. The molecule has 0 bridgehead atoms. The van der Waals surface area contributed by atoms with Gasteiger partial charge in [-0.05, 0) is 36.3 Å². The molecule has 7 heteroatoms. The molecule has 0 saturated heterocycles. The summed E-state index contributed by atoms with van der Waals surface area (Å²) in [6.07, 6.45) is 4.74. The molecule has 0 unspecified atom stereocenters. The lowest BCUT2D eigenvalue weighted by Gasteiger charge is -2.06. The summed E-state index contributed by atoms with van der Waals surface area (Å²) >= 11 is 13.2. The van der Waals surface area contributed by atoms with Gasteiger partial charge in [0.05, 0.1) is 16.7 Å². The van der Waals surface area contributed by atoms with Gasteiger partial charge in [-0.15, -0.1) is 11.3 Å². The van der Waals surface area contributed by atoms with Gasteiger partial charge in [-0.1, -0.05) is 60.8 Å². The van der Waals surface area contributed by atoms with Crippen LogP contribution in [0.1, 0.15) is 35.7 Å². The van der Waals surface area contributed by atoms with E-state index >= 15 is 0 Å². The lowest BCUT2D eigenvalue weighted by Crippen LogP contribution is -2.12. The zero-order chi connectivity index (χ0) is 20.8. The molecule has 0 aliphatic rings. The number of benzene rings is 2. The van der Waals surface area contributed by atoms with E-state index < -0.39 is 5.97 Å². The first kappa shape index (κ1) is 21.4. The van der Waals surface area contributed by atoms with Crippen LogP contribution in [-0.2, 0) is 9.53 Å². The van der Waals surface area contributed by atoms with E-state index in [9.17, 15) is 9.59 Å². The molecule has 1 N–H and O–H groups in total. The number of amides is 1. The molecular weight excluding hydrogens is 429 g/mol. The van der Waals surface area contributed by atoms with Gasteiger partial charge in [0.2, 0.25) is 5.91 Å². The van der Waals surface area contributed by atoms with Crippen molar-refractivity contribution in [3.05, 3.63) is 69.7 Å². The van der Waals surface area contributed by atoms with Gasteiger partial charge < -0.3 is 10.1 Å². The normalized spacial score (nSPS) is 11.1. The standard InChI is InChI=1S/C22H19Cl2NO3S/c1-2-3-12-28-22(27)20-15-6-4-5-7-18(15)29-21(20)25-19(26)11-9-14-8-10-16(23)17(24)13-14/h4-11,13H,2-3,12H2,1H3,(H,25,26)/b11-9+. The first-order valence-electron chi connectivity index (χ1n) is 9.12. The molecular formula is C22H19Cl2NO3S. The summed E-state index contributed by atoms with van der Waals surface area (Å²) in [7, 11) is 0. The van der Waals surface area contributed by atoms with E-state index in [4.69, 9.17) is 27.9 Å². The van der Waals surface area contributed by atoms with Crippen LogP contribution in [0.2, 0.25) is 10.0 Å². The highest BCUT2D eigenvalue weighted by molar-refractivity contribution is 7.23. The third-order valence-electron chi connectivity index (χ3n) is 4.14. The Kier molecular flexibility index (Phi) is 7.31. The second kappa shape index (κ2) is 9.92. The van der Waals surface area contributed by atoms with Crippen molar-refractivity contribution in [3.8, 4) is 0 Å². The Morgan fingerprint density at radius 1 is 1.14 bits per heavy atom. The lowest BCUT2D eigenvalue weighted by molar-refractivity contribution is -0.111. The summed E-state index contributed by atoms with van der Waals surface area (Å²) in [5, 5.41) is 4.90. The maximum absolute atomic E-state index is 12.6. The summed E-state index contributed by atoms with van der Waals surface area (Å²) in [5.41, 5.74) is 1.13. The van der Waals surface area contributed by atoms with Crippen molar-refractivity contribution >= 4 is 67.6 Å². The highest BCUT2D eigenvalue weighted by Gasteiger charge is 2.21. The van der Waals surface area contributed by atoms with Crippen LogP contribution in [0.15, 0.2) is 48.5 Å². The zero-order valence-corrected chi connectivity index (χ0v) is 18.0. The highest BCUT2D eigenvalue weighted by atomic mass is 35.5. The van der Waals surface area contributed by atoms with E-state index in [1.54, 1.807) is 24.3 Å². The van der Waals surface area contributed by atoms with Crippen molar-refractivity contribution in [1.29, 1.82) is 0 Å². The van der Waals surface area contributed by atoms with Crippen LogP contribution in [0.5, 0.6) is 0 Å². The molecule has 4 nitrogen and oxygen atoms in total. The van der Waals surface area contributed by atoms with Crippen molar-refractivity contribution in [1.82, 2.24) is 0 Å². The Hall–Kier alpha value is -2.34. The smallest absolute Gasteiger partial charge is 0.341 e. The van der Waals surface area contributed by atoms with Crippen LogP contribution in [0, 0.1) is 0 Å². The predicted octanol–water partition coefficient (Wildman–Crippen LogP) is 6.82. The van der Waals surface area contributed by atoms with Crippen LogP contribution >= 0.6 is 34.5 Å². The van der Waals surface area contributed by atoms with Gasteiger partial charge in [-0.2, -0.15) is 0 Å². The topological polar surface area (TPSA) is 55.4 Å². The highest BCUT2D eigenvalue weighted by Crippen LogP contribution is 2.36. The molecule has 1 aromatic heterocycles. The number of rotatable bonds is 7. The average molecular weight is 448 g/mol. The Morgan fingerprint density at radius 3 is 2.69 bits per heavy atom. The molecule has 0 fully saturated rings. The van der Waals surface area contributed by atoms with Crippen LogP contribution in [0.3, 0.4) is 0 Å². The van der Waals surface area contributed by atoms with Crippen molar-refractivity contribution in [3.63, 3.8) is 0 Å². The van der Waals surface area contributed by atoms with Crippen LogP contribution in [0.25, 0.3) is 16.2 Å². The Morgan fingerprint density at radius 2 is 1.93 bits per heavy atom. The largest absolute Gasteiger partial charge is 0.462 e. The first-order valence-corrected chi connectivity index (χ1v) is 10.7. The minimum Gasteiger partial charge on any atom is -0.462 e. The van der Waals surface area contributed by atoms with Crippen LogP contribution in [0.4, 0.5) is 5.00 Å². The summed E-state index contributed by atoms with van der Waals surface area (Å²) in [5.74, 6) is -0.787. The summed E-state index contributed by atoms with van der Waals surface area (Å²) in [6.45, 7) is 2.38. The molecule has 0 atom stereocenters. The third kappa shape index (κ3) is 5.38. The summed E-state index contributed by atoms with van der Waals surface area (Å²) in [6, 6.07) is 12.6. The Balaban J connectivity index is 1.82.